The van der Waals surface area contributed by atoms with E-state index in [1.807, 2.05) is 43.3 Å². The van der Waals surface area contributed by atoms with Gasteiger partial charge in [0.1, 0.15) is 11.9 Å². The van der Waals surface area contributed by atoms with Crippen molar-refractivity contribution >= 4 is 23.4 Å². The normalized spacial score (nSPS) is 14.8. The predicted molar refractivity (Wildman–Crippen MR) is 134 cm³/mol. The number of benzene rings is 2. The third-order valence-corrected chi connectivity index (χ3v) is 6.34. The van der Waals surface area contributed by atoms with Crippen LogP contribution in [0, 0.1) is 0 Å². The first kappa shape index (κ1) is 25.9. The second-order valence-corrected chi connectivity index (χ2v) is 8.91. The molecule has 1 aliphatic rings. The van der Waals surface area contributed by atoms with Gasteiger partial charge in [0, 0.05) is 12.6 Å². The molecule has 0 unspecified atom stereocenters. The molecule has 0 spiro atoms. The maximum atomic E-state index is 13.7. The number of nitrogens with one attached hydrogen (secondary N) is 1. The van der Waals surface area contributed by atoms with Gasteiger partial charge in [-0.15, -0.1) is 11.6 Å². The number of methoxy groups -OCH3 is 1. The lowest BCUT2D eigenvalue weighted by molar-refractivity contribution is -0.140. The standard InChI is InChI=1S/C27H35ClN2O4/c1-3-16-34-23-15-14-21(17-24(23)33-2)26(27(32)29-22-12-8-5-9-13-22)30(25(31)18-28)19-20-10-6-4-7-11-20/h4,6-7,10-11,14-15,17,22,26H,3,5,8-9,12-13,16,18-19H2,1-2H3,(H,29,32)/t26-/m1/s1. The van der Waals surface area contributed by atoms with Gasteiger partial charge >= 0.3 is 0 Å². The zero-order chi connectivity index (χ0) is 24.3. The van der Waals surface area contributed by atoms with Crippen LogP contribution in [-0.4, -0.2) is 42.4 Å². The molecule has 0 bridgehead atoms. The molecule has 2 amide bonds. The number of carbonyl (C=O) groups is 2. The van der Waals surface area contributed by atoms with Gasteiger partial charge in [-0.1, -0.05) is 62.6 Å². The highest BCUT2D eigenvalue weighted by Crippen LogP contribution is 2.34. The Balaban J connectivity index is 1.99. The maximum absolute atomic E-state index is 13.7. The average Bonchev–Trinajstić information content (AvgIpc) is 2.88. The molecule has 34 heavy (non-hydrogen) atoms. The first-order chi connectivity index (χ1) is 16.6. The molecular weight excluding hydrogens is 452 g/mol. The van der Waals surface area contributed by atoms with E-state index >= 15 is 0 Å². The molecule has 1 N–H and O–H groups in total. The predicted octanol–water partition coefficient (Wildman–Crippen LogP) is 5.24. The molecule has 1 fully saturated rings. The molecule has 0 radical (unpaired) electrons. The lowest BCUT2D eigenvalue weighted by Gasteiger charge is -2.33. The van der Waals surface area contributed by atoms with Crippen molar-refractivity contribution in [1.29, 1.82) is 0 Å². The van der Waals surface area contributed by atoms with Crippen LogP contribution in [0.1, 0.15) is 62.6 Å². The Labute approximate surface area is 207 Å². The highest BCUT2D eigenvalue weighted by Gasteiger charge is 2.33. The minimum atomic E-state index is -0.845. The lowest BCUT2D eigenvalue weighted by atomic mass is 9.94. The quantitative estimate of drug-likeness (QED) is 0.441. The summed E-state index contributed by atoms with van der Waals surface area (Å²) in [6.45, 7) is 2.86. The van der Waals surface area contributed by atoms with Crippen LogP contribution in [0.3, 0.4) is 0 Å². The van der Waals surface area contributed by atoms with Crippen molar-refractivity contribution in [3.05, 3.63) is 59.7 Å². The highest BCUT2D eigenvalue weighted by atomic mass is 35.5. The maximum Gasteiger partial charge on any atom is 0.247 e. The van der Waals surface area contributed by atoms with E-state index in [2.05, 4.69) is 5.32 Å². The molecule has 7 heteroatoms. The van der Waals surface area contributed by atoms with E-state index < -0.39 is 6.04 Å². The summed E-state index contributed by atoms with van der Waals surface area (Å²) in [5, 5.41) is 3.20. The fraction of sp³-hybridized carbons (Fsp3) is 0.481. The van der Waals surface area contributed by atoms with E-state index in [9.17, 15) is 9.59 Å². The summed E-state index contributed by atoms with van der Waals surface area (Å²) >= 11 is 6.01. The van der Waals surface area contributed by atoms with Crippen molar-refractivity contribution in [2.45, 2.75) is 64.1 Å². The average molecular weight is 487 g/mol. The first-order valence-electron chi connectivity index (χ1n) is 12.1. The molecule has 0 aromatic heterocycles. The summed E-state index contributed by atoms with van der Waals surface area (Å²) in [7, 11) is 1.57. The Morgan fingerprint density at radius 2 is 1.82 bits per heavy atom. The van der Waals surface area contributed by atoms with E-state index in [-0.39, 0.29) is 30.3 Å². The molecule has 1 atom stereocenters. The molecule has 0 heterocycles. The summed E-state index contributed by atoms with van der Waals surface area (Å²) in [5.41, 5.74) is 1.58. The SMILES string of the molecule is CCCOc1ccc([C@H](C(=O)NC2CCCCC2)N(Cc2ccccc2)C(=O)CCl)cc1OC. The van der Waals surface area contributed by atoms with Gasteiger partial charge in [-0.25, -0.2) is 0 Å². The summed E-state index contributed by atoms with van der Waals surface area (Å²) < 4.78 is 11.4. The summed E-state index contributed by atoms with van der Waals surface area (Å²) in [5.74, 6) is 0.414. The molecule has 2 aromatic carbocycles. The summed E-state index contributed by atoms with van der Waals surface area (Å²) in [6, 6.07) is 14.3. The molecule has 0 aliphatic heterocycles. The monoisotopic (exact) mass is 486 g/mol. The van der Waals surface area contributed by atoms with E-state index in [0.717, 1.165) is 37.7 Å². The molecule has 0 saturated heterocycles. The largest absolute Gasteiger partial charge is 0.493 e. The van der Waals surface area contributed by atoms with Crippen molar-refractivity contribution in [1.82, 2.24) is 10.2 Å². The van der Waals surface area contributed by atoms with E-state index in [0.29, 0.717) is 23.7 Å². The fourth-order valence-corrected chi connectivity index (χ4v) is 4.52. The van der Waals surface area contributed by atoms with E-state index in [1.54, 1.807) is 24.1 Å². The summed E-state index contributed by atoms with van der Waals surface area (Å²) in [6.07, 6.45) is 6.16. The smallest absolute Gasteiger partial charge is 0.247 e. The van der Waals surface area contributed by atoms with Crippen molar-refractivity contribution in [3.8, 4) is 11.5 Å². The number of rotatable bonds is 11. The van der Waals surface area contributed by atoms with Crippen LogP contribution in [-0.2, 0) is 16.1 Å². The Hall–Kier alpha value is -2.73. The molecule has 1 saturated carbocycles. The Morgan fingerprint density at radius 1 is 1.09 bits per heavy atom. The van der Waals surface area contributed by atoms with Crippen molar-refractivity contribution in [3.63, 3.8) is 0 Å². The molecule has 2 aromatic rings. The fourth-order valence-electron chi connectivity index (χ4n) is 4.37. The molecular formula is C27H35ClN2O4. The number of hydrogen-bond donors (Lipinski definition) is 1. The number of hydrogen-bond acceptors (Lipinski definition) is 4. The van der Waals surface area contributed by atoms with Gasteiger partial charge in [0.2, 0.25) is 11.8 Å². The second-order valence-electron chi connectivity index (χ2n) is 8.65. The third kappa shape index (κ3) is 6.89. The Bertz CT molecular complexity index is 931. The number of halogens is 1. The topological polar surface area (TPSA) is 67.9 Å². The molecule has 6 nitrogen and oxygen atoms in total. The van der Waals surface area contributed by atoms with Gasteiger partial charge < -0.3 is 19.7 Å². The van der Waals surface area contributed by atoms with Crippen LogP contribution in [0.2, 0.25) is 0 Å². The van der Waals surface area contributed by atoms with Crippen LogP contribution in [0.25, 0.3) is 0 Å². The van der Waals surface area contributed by atoms with Crippen molar-refractivity contribution < 1.29 is 19.1 Å². The van der Waals surface area contributed by atoms with E-state index in [1.165, 1.54) is 6.42 Å². The van der Waals surface area contributed by atoms with Gasteiger partial charge in [-0.3, -0.25) is 9.59 Å². The number of amides is 2. The van der Waals surface area contributed by atoms with Crippen LogP contribution in [0.5, 0.6) is 11.5 Å². The van der Waals surface area contributed by atoms with Gasteiger partial charge in [0.15, 0.2) is 11.5 Å². The van der Waals surface area contributed by atoms with Crippen molar-refractivity contribution in [2.24, 2.45) is 0 Å². The minimum absolute atomic E-state index is 0.113. The first-order valence-corrected chi connectivity index (χ1v) is 12.6. The van der Waals surface area contributed by atoms with Crippen LogP contribution in [0.4, 0.5) is 0 Å². The number of nitrogens with zero attached hydrogens (tertiary/aromatic N) is 1. The zero-order valence-corrected chi connectivity index (χ0v) is 20.9. The van der Waals surface area contributed by atoms with E-state index in [4.69, 9.17) is 21.1 Å². The lowest BCUT2D eigenvalue weighted by Crippen LogP contribution is -2.47. The zero-order valence-electron chi connectivity index (χ0n) is 20.1. The number of ether oxygens (including phenoxy) is 2. The second kappa shape index (κ2) is 13.2. The molecule has 184 valence electrons. The highest BCUT2D eigenvalue weighted by molar-refractivity contribution is 6.27. The van der Waals surface area contributed by atoms with Crippen LogP contribution < -0.4 is 14.8 Å². The third-order valence-electron chi connectivity index (χ3n) is 6.11. The van der Waals surface area contributed by atoms with Gasteiger partial charge in [-0.05, 0) is 42.5 Å². The number of alkyl halides is 1. The Morgan fingerprint density at radius 3 is 2.47 bits per heavy atom. The Kier molecular flexibility index (Phi) is 10.1. The number of carbonyl (C=O) groups excluding carboxylic acids is 2. The van der Waals surface area contributed by atoms with Crippen LogP contribution >= 0.6 is 11.6 Å². The summed E-state index contributed by atoms with van der Waals surface area (Å²) in [4.78, 5) is 28.3. The van der Waals surface area contributed by atoms with Crippen LogP contribution in [0.15, 0.2) is 48.5 Å². The van der Waals surface area contributed by atoms with Gasteiger partial charge in [0.05, 0.1) is 13.7 Å². The van der Waals surface area contributed by atoms with Gasteiger partial charge in [0.25, 0.3) is 0 Å². The minimum Gasteiger partial charge on any atom is -0.493 e. The molecule has 1 aliphatic carbocycles. The van der Waals surface area contributed by atoms with Crippen molar-refractivity contribution in [2.75, 3.05) is 19.6 Å². The van der Waals surface area contributed by atoms with Gasteiger partial charge in [-0.2, -0.15) is 0 Å². The molecule has 3 rings (SSSR count).